The molecule has 0 aliphatic carbocycles. The van der Waals surface area contributed by atoms with Crippen LogP contribution >= 0.6 is 0 Å². The summed E-state index contributed by atoms with van der Waals surface area (Å²) in [7, 11) is 1.63. The molecule has 7 heteroatoms. The van der Waals surface area contributed by atoms with Crippen molar-refractivity contribution in [1.29, 1.82) is 0 Å². The highest BCUT2D eigenvalue weighted by Gasteiger charge is 2.11. The van der Waals surface area contributed by atoms with E-state index in [9.17, 15) is 10.2 Å². The third-order valence-corrected chi connectivity index (χ3v) is 4.82. The minimum Gasteiger partial charge on any atom is -0.508 e. The number of phenolic OH excluding ortho intramolecular Hbond substituents is 2. The lowest BCUT2D eigenvalue weighted by Gasteiger charge is -2.11. The van der Waals surface area contributed by atoms with Crippen LogP contribution in [0.25, 0.3) is 22.4 Å². The van der Waals surface area contributed by atoms with Gasteiger partial charge in [0.25, 0.3) is 0 Å². The highest BCUT2D eigenvalue weighted by Crippen LogP contribution is 2.34. The molecule has 4 rings (SSSR count). The first-order valence-electron chi connectivity index (χ1n) is 9.66. The van der Waals surface area contributed by atoms with Gasteiger partial charge >= 0.3 is 0 Å². The summed E-state index contributed by atoms with van der Waals surface area (Å²) in [6.07, 6.45) is 0. The summed E-state index contributed by atoms with van der Waals surface area (Å²) in [5.41, 5.74) is 9.76. The SMILES string of the molecule is COc1cccc(CNc2cc(-c3cc(-c4ccc(O)cc4)ccc3O)nc(N)n2)c1. The lowest BCUT2D eigenvalue weighted by atomic mass is 10.0. The molecule has 4 aromatic rings. The first kappa shape index (κ1) is 20.0. The summed E-state index contributed by atoms with van der Waals surface area (Å²) in [5.74, 6) is 1.69. The lowest BCUT2D eigenvalue weighted by molar-refractivity contribution is 0.414. The van der Waals surface area contributed by atoms with Crippen LogP contribution in [-0.2, 0) is 6.54 Å². The van der Waals surface area contributed by atoms with Gasteiger partial charge in [-0.05, 0) is 53.1 Å². The van der Waals surface area contributed by atoms with E-state index in [0.717, 1.165) is 22.4 Å². The Balaban J connectivity index is 1.63. The number of anilines is 2. The molecule has 0 aliphatic rings. The molecule has 31 heavy (non-hydrogen) atoms. The van der Waals surface area contributed by atoms with Crippen molar-refractivity contribution in [2.24, 2.45) is 0 Å². The Morgan fingerprint density at radius 3 is 2.45 bits per heavy atom. The molecule has 7 nitrogen and oxygen atoms in total. The number of rotatable bonds is 6. The van der Waals surface area contributed by atoms with E-state index in [-0.39, 0.29) is 17.4 Å². The van der Waals surface area contributed by atoms with Crippen molar-refractivity contribution < 1.29 is 14.9 Å². The van der Waals surface area contributed by atoms with E-state index in [1.165, 1.54) is 0 Å². The molecule has 156 valence electrons. The second-order valence-electron chi connectivity index (χ2n) is 6.98. The summed E-state index contributed by atoms with van der Waals surface area (Å²) in [6, 6.07) is 21.5. The van der Waals surface area contributed by atoms with E-state index < -0.39 is 0 Å². The first-order chi connectivity index (χ1) is 15.0. The Bertz CT molecular complexity index is 1210. The number of hydrogen-bond donors (Lipinski definition) is 4. The molecule has 0 spiro atoms. The molecule has 0 saturated heterocycles. The van der Waals surface area contributed by atoms with Crippen LogP contribution in [-0.4, -0.2) is 27.3 Å². The fourth-order valence-electron chi connectivity index (χ4n) is 3.24. The minimum absolute atomic E-state index is 0.0828. The molecule has 0 aliphatic heterocycles. The molecule has 0 bridgehead atoms. The van der Waals surface area contributed by atoms with Gasteiger partial charge in [-0.15, -0.1) is 0 Å². The number of ether oxygens (including phenoxy) is 1. The highest BCUT2D eigenvalue weighted by molar-refractivity contribution is 5.77. The Morgan fingerprint density at radius 2 is 1.68 bits per heavy atom. The van der Waals surface area contributed by atoms with Crippen molar-refractivity contribution in [2.75, 3.05) is 18.2 Å². The number of nitrogens with zero attached hydrogens (tertiary/aromatic N) is 2. The number of nitrogens with two attached hydrogens (primary N) is 1. The molecular weight excluding hydrogens is 392 g/mol. The van der Waals surface area contributed by atoms with Crippen molar-refractivity contribution >= 4 is 11.8 Å². The molecule has 0 atom stereocenters. The molecule has 1 aromatic heterocycles. The Morgan fingerprint density at radius 1 is 0.903 bits per heavy atom. The third-order valence-electron chi connectivity index (χ3n) is 4.82. The number of hydrogen-bond acceptors (Lipinski definition) is 7. The largest absolute Gasteiger partial charge is 0.508 e. The van der Waals surface area contributed by atoms with Crippen LogP contribution in [0.1, 0.15) is 5.56 Å². The summed E-state index contributed by atoms with van der Waals surface area (Å²) in [6.45, 7) is 0.520. The number of phenols is 2. The van der Waals surface area contributed by atoms with E-state index in [1.807, 2.05) is 30.3 Å². The number of aromatic nitrogens is 2. The monoisotopic (exact) mass is 414 g/mol. The van der Waals surface area contributed by atoms with Crippen LogP contribution in [0.4, 0.5) is 11.8 Å². The van der Waals surface area contributed by atoms with Gasteiger partial charge in [0, 0.05) is 18.2 Å². The molecule has 3 aromatic carbocycles. The quantitative estimate of drug-likeness (QED) is 0.369. The fraction of sp³-hybridized carbons (Fsp3) is 0.0833. The molecule has 1 heterocycles. The van der Waals surface area contributed by atoms with Crippen molar-refractivity contribution in [3.63, 3.8) is 0 Å². The normalized spacial score (nSPS) is 10.6. The fourth-order valence-corrected chi connectivity index (χ4v) is 3.24. The van der Waals surface area contributed by atoms with Crippen LogP contribution in [0.5, 0.6) is 17.2 Å². The van der Waals surface area contributed by atoms with Crippen LogP contribution in [0.2, 0.25) is 0 Å². The molecule has 0 radical (unpaired) electrons. The standard InChI is InChI=1S/C24H22N4O3/c1-31-19-4-2-3-15(11-19)14-26-23-13-21(27-24(25)28-23)20-12-17(7-10-22(20)30)16-5-8-18(29)9-6-16/h2-13,29-30H,14H2,1H3,(H3,25,26,27,28). The minimum atomic E-state index is 0.0828. The summed E-state index contributed by atoms with van der Waals surface area (Å²) < 4.78 is 5.26. The van der Waals surface area contributed by atoms with Gasteiger partial charge in [-0.2, -0.15) is 4.98 Å². The number of methoxy groups -OCH3 is 1. The van der Waals surface area contributed by atoms with Gasteiger partial charge in [0.15, 0.2) is 0 Å². The Labute approximate surface area is 179 Å². The molecule has 0 unspecified atom stereocenters. The number of aromatic hydroxyl groups is 2. The maximum atomic E-state index is 10.5. The maximum absolute atomic E-state index is 10.5. The average molecular weight is 414 g/mol. The predicted molar refractivity (Wildman–Crippen MR) is 121 cm³/mol. The highest BCUT2D eigenvalue weighted by atomic mass is 16.5. The average Bonchev–Trinajstić information content (AvgIpc) is 2.78. The number of nitrogen functional groups attached to an aromatic ring is 1. The van der Waals surface area contributed by atoms with Gasteiger partial charge in [-0.1, -0.05) is 30.3 Å². The van der Waals surface area contributed by atoms with E-state index in [2.05, 4.69) is 15.3 Å². The van der Waals surface area contributed by atoms with Crippen molar-refractivity contribution in [1.82, 2.24) is 9.97 Å². The number of nitrogens with one attached hydrogen (secondary N) is 1. The van der Waals surface area contributed by atoms with Crippen LogP contribution in [0.3, 0.4) is 0 Å². The zero-order valence-electron chi connectivity index (χ0n) is 16.9. The molecule has 5 N–H and O–H groups in total. The van der Waals surface area contributed by atoms with Gasteiger partial charge in [0.2, 0.25) is 5.95 Å². The van der Waals surface area contributed by atoms with Crippen molar-refractivity contribution in [2.45, 2.75) is 6.54 Å². The summed E-state index contributed by atoms with van der Waals surface area (Å²) in [4.78, 5) is 8.55. The van der Waals surface area contributed by atoms with E-state index >= 15 is 0 Å². The summed E-state index contributed by atoms with van der Waals surface area (Å²) >= 11 is 0. The molecule has 0 saturated carbocycles. The smallest absolute Gasteiger partial charge is 0.222 e. The zero-order chi connectivity index (χ0) is 21.8. The maximum Gasteiger partial charge on any atom is 0.222 e. The molecule has 0 fully saturated rings. The van der Waals surface area contributed by atoms with Gasteiger partial charge < -0.3 is 26.0 Å². The van der Waals surface area contributed by atoms with Crippen molar-refractivity contribution in [3.8, 4) is 39.6 Å². The van der Waals surface area contributed by atoms with Gasteiger partial charge in [0.1, 0.15) is 23.1 Å². The molecule has 0 amide bonds. The van der Waals surface area contributed by atoms with Gasteiger partial charge in [0.05, 0.1) is 12.8 Å². The van der Waals surface area contributed by atoms with Gasteiger partial charge in [-0.25, -0.2) is 4.98 Å². The topological polar surface area (TPSA) is 114 Å². The van der Waals surface area contributed by atoms with E-state index in [1.54, 1.807) is 49.6 Å². The third kappa shape index (κ3) is 4.67. The first-order valence-corrected chi connectivity index (χ1v) is 9.66. The van der Waals surface area contributed by atoms with E-state index in [4.69, 9.17) is 10.5 Å². The second-order valence-corrected chi connectivity index (χ2v) is 6.98. The van der Waals surface area contributed by atoms with Gasteiger partial charge in [-0.3, -0.25) is 0 Å². The second kappa shape index (κ2) is 8.62. The zero-order valence-corrected chi connectivity index (χ0v) is 16.9. The van der Waals surface area contributed by atoms with E-state index in [0.29, 0.717) is 23.6 Å². The molecular formula is C24H22N4O3. The van der Waals surface area contributed by atoms with Crippen molar-refractivity contribution in [3.05, 3.63) is 78.4 Å². The lowest BCUT2D eigenvalue weighted by Crippen LogP contribution is -2.05. The Hall–Kier alpha value is -4.26. The van der Waals surface area contributed by atoms with Crippen LogP contribution in [0.15, 0.2) is 72.8 Å². The predicted octanol–water partition coefficient (Wildman–Crippen LogP) is 4.42. The van der Waals surface area contributed by atoms with Crippen LogP contribution in [0, 0.1) is 0 Å². The summed E-state index contributed by atoms with van der Waals surface area (Å²) in [5, 5.41) is 23.2. The van der Waals surface area contributed by atoms with Crippen LogP contribution < -0.4 is 15.8 Å². The number of benzene rings is 3. The Kier molecular flexibility index (Phi) is 5.57.